The molecule has 1 aromatic carbocycles. The number of pyridine rings is 1. The van der Waals surface area contributed by atoms with Gasteiger partial charge in [-0.25, -0.2) is 17.7 Å². The molecule has 0 aliphatic carbocycles. The minimum Gasteiger partial charge on any atom is -0.391 e. The number of fused-ring (bicyclic) bond motifs is 1. The van der Waals surface area contributed by atoms with Crippen molar-refractivity contribution in [3.63, 3.8) is 0 Å². The molecule has 2 unspecified atom stereocenters. The number of amides is 1. The molecule has 4 heterocycles. The van der Waals surface area contributed by atoms with Crippen molar-refractivity contribution in [2.24, 2.45) is 0 Å². The van der Waals surface area contributed by atoms with E-state index in [1.54, 1.807) is 17.2 Å². The van der Waals surface area contributed by atoms with Crippen LogP contribution in [-0.4, -0.2) is 51.3 Å². The van der Waals surface area contributed by atoms with Gasteiger partial charge in [-0.3, -0.25) is 4.79 Å². The predicted octanol–water partition coefficient (Wildman–Crippen LogP) is 3.30. The molecule has 0 saturated carbocycles. The van der Waals surface area contributed by atoms with Gasteiger partial charge in [0, 0.05) is 31.4 Å². The fourth-order valence-electron chi connectivity index (χ4n) is 4.65. The van der Waals surface area contributed by atoms with Crippen molar-refractivity contribution in [1.29, 1.82) is 0 Å². The summed E-state index contributed by atoms with van der Waals surface area (Å²) in [4.78, 5) is 16.1. The number of halogens is 3. The monoisotopic (exact) mass is 430 g/mol. The highest BCUT2D eigenvalue weighted by Gasteiger charge is 2.33. The third-order valence-electron chi connectivity index (χ3n) is 6.16. The Hall–Kier alpha value is -3.07. The van der Waals surface area contributed by atoms with Gasteiger partial charge in [-0.15, -0.1) is 0 Å². The zero-order valence-corrected chi connectivity index (χ0v) is 16.6. The number of β-amino-alcohol motifs (C(OH)–C–C–N with tert-alkyl or cyclic N) is 1. The lowest BCUT2D eigenvalue weighted by Gasteiger charge is -2.28. The maximum Gasteiger partial charge on any atom is 0.257 e. The van der Waals surface area contributed by atoms with Crippen LogP contribution in [0.15, 0.2) is 36.7 Å². The molecule has 2 atom stereocenters. The molecule has 0 radical (unpaired) electrons. The van der Waals surface area contributed by atoms with E-state index in [2.05, 4.69) is 5.10 Å². The molecule has 2 aliphatic heterocycles. The van der Waals surface area contributed by atoms with Gasteiger partial charge in [0.25, 0.3) is 5.91 Å². The first kappa shape index (κ1) is 19.9. The van der Waals surface area contributed by atoms with Crippen molar-refractivity contribution in [3.05, 3.63) is 65.2 Å². The highest BCUT2D eigenvalue weighted by Crippen LogP contribution is 2.39. The number of carbonyl (C=O) groups excluding carboxylic acids is 1. The van der Waals surface area contributed by atoms with Crippen molar-refractivity contribution in [2.45, 2.75) is 31.4 Å². The number of anilines is 1. The van der Waals surface area contributed by atoms with Crippen LogP contribution in [0, 0.1) is 17.5 Å². The minimum atomic E-state index is -0.633. The lowest BCUT2D eigenvalue weighted by Crippen LogP contribution is -2.29. The fourth-order valence-corrected chi connectivity index (χ4v) is 4.65. The van der Waals surface area contributed by atoms with Crippen molar-refractivity contribution in [3.8, 4) is 0 Å². The van der Waals surface area contributed by atoms with E-state index in [9.17, 15) is 18.7 Å². The van der Waals surface area contributed by atoms with Gasteiger partial charge in [0.05, 0.1) is 29.6 Å². The second-order valence-corrected chi connectivity index (χ2v) is 8.08. The Morgan fingerprint density at radius 2 is 1.97 bits per heavy atom. The Labute approximate surface area is 176 Å². The van der Waals surface area contributed by atoms with E-state index in [1.165, 1.54) is 15.6 Å². The summed E-state index contributed by atoms with van der Waals surface area (Å²) >= 11 is 0. The molecule has 5 rings (SSSR count). The number of hydrogen-bond acceptors (Lipinski definition) is 4. The number of nitrogens with zero attached hydrogens (tertiary/aromatic N) is 4. The number of rotatable bonds is 3. The number of hydrogen-bond donors (Lipinski definition) is 1. The van der Waals surface area contributed by atoms with Crippen LogP contribution in [-0.2, 0) is 0 Å². The molecule has 2 aliphatic rings. The third-order valence-corrected chi connectivity index (χ3v) is 6.16. The second kappa shape index (κ2) is 7.56. The zero-order valence-electron chi connectivity index (χ0n) is 16.6. The molecule has 162 valence electrons. The Bertz CT molecular complexity index is 1170. The highest BCUT2D eigenvalue weighted by molar-refractivity contribution is 6.01. The first-order valence-electron chi connectivity index (χ1n) is 10.3. The summed E-state index contributed by atoms with van der Waals surface area (Å²) < 4.78 is 45.2. The van der Waals surface area contributed by atoms with Crippen LogP contribution in [0.2, 0.25) is 0 Å². The largest absolute Gasteiger partial charge is 0.391 e. The minimum absolute atomic E-state index is 0.0363. The molecule has 0 bridgehead atoms. The number of benzene rings is 1. The SMILES string of the molecule is O=C(c1cnn2ccc(N3CCCC3c3cc(F)ccc3F)c(F)c12)N1CCC(O)C1. The van der Waals surface area contributed by atoms with Gasteiger partial charge in [0.15, 0.2) is 5.82 Å². The number of carbonyl (C=O) groups is 1. The fraction of sp³-hybridized carbons (Fsp3) is 0.364. The summed E-state index contributed by atoms with van der Waals surface area (Å²) in [5.41, 5.74) is 0.553. The van der Waals surface area contributed by atoms with E-state index in [0.29, 0.717) is 32.4 Å². The van der Waals surface area contributed by atoms with Gasteiger partial charge in [0.1, 0.15) is 17.2 Å². The standard InChI is InChI=1S/C22H21F3N4O2/c23-13-3-4-17(24)15(10-13)18-2-1-7-28(18)19-6-9-29-21(20(19)25)16(11-26-29)22(31)27-8-5-14(30)12-27/h3-4,6,9-11,14,18,30H,1-2,5,7-8,12H2. The molecular weight excluding hydrogens is 409 g/mol. The summed E-state index contributed by atoms with van der Waals surface area (Å²) in [5, 5.41) is 13.8. The van der Waals surface area contributed by atoms with Crippen LogP contribution in [0.4, 0.5) is 18.9 Å². The molecule has 6 nitrogen and oxygen atoms in total. The van der Waals surface area contributed by atoms with Crippen molar-refractivity contribution in [1.82, 2.24) is 14.5 Å². The summed E-state index contributed by atoms with van der Waals surface area (Å²) in [6.45, 7) is 1.07. The van der Waals surface area contributed by atoms with E-state index < -0.39 is 35.5 Å². The van der Waals surface area contributed by atoms with Gasteiger partial charge < -0.3 is 14.9 Å². The van der Waals surface area contributed by atoms with E-state index >= 15 is 4.39 Å². The molecule has 31 heavy (non-hydrogen) atoms. The van der Waals surface area contributed by atoms with Crippen LogP contribution >= 0.6 is 0 Å². The van der Waals surface area contributed by atoms with Crippen LogP contribution in [0.5, 0.6) is 0 Å². The van der Waals surface area contributed by atoms with Gasteiger partial charge in [-0.05, 0) is 43.5 Å². The average Bonchev–Trinajstić information content (AvgIpc) is 3.49. The molecule has 2 aromatic heterocycles. The van der Waals surface area contributed by atoms with E-state index in [1.807, 2.05) is 0 Å². The summed E-state index contributed by atoms with van der Waals surface area (Å²) in [7, 11) is 0. The molecule has 2 fully saturated rings. The van der Waals surface area contributed by atoms with Crippen LogP contribution in [0.25, 0.3) is 5.52 Å². The third kappa shape index (κ3) is 3.33. The van der Waals surface area contributed by atoms with Gasteiger partial charge in [0.2, 0.25) is 0 Å². The quantitative estimate of drug-likeness (QED) is 0.693. The van der Waals surface area contributed by atoms with E-state index in [4.69, 9.17) is 0 Å². The lowest BCUT2D eigenvalue weighted by atomic mass is 10.0. The molecule has 1 N–H and O–H groups in total. The van der Waals surface area contributed by atoms with Crippen LogP contribution in [0.3, 0.4) is 0 Å². The molecule has 9 heteroatoms. The molecule has 3 aromatic rings. The molecule has 2 saturated heterocycles. The van der Waals surface area contributed by atoms with Gasteiger partial charge >= 0.3 is 0 Å². The van der Waals surface area contributed by atoms with Gasteiger partial charge in [-0.2, -0.15) is 5.10 Å². The smallest absolute Gasteiger partial charge is 0.257 e. The predicted molar refractivity (Wildman–Crippen MR) is 107 cm³/mol. The Morgan fingerprint density at radius 1 is 1.13 bits per heavy atom. The Morgan fingerprint density at radius 3 is 2.74 bits per heavy atom. The van der Waals surface area contributed by atoms with Crippen LogP contribution < -0.4 is 4.90 Å². The number of likely N-dealkylation sites (tertiary alicyclic amines) is 1. The first-order valence-corrected chi connectivity index (χ1v) is 10.3. The Kier molecular flexibility index (Phi) is 4.85. The van der Waals surface area contributed by atoms with E-state index in [-0.39, 0.29) is 28.9 Å². The normalized spacial score (nSPS) is 21.4. The maximum atomic E-state index is 15.7. The summed E-state index contributed by atoms with van der Waals surface area (Å²) in [5.74, 6) is -2.10. The highest BCUT2D eigenvalue weighted by atomic mass is 19.1. The zero-order chi connectivity index (χ0) is 21.7. The topological polar surface area (TPSA) is 61.1 Å². The molecule has 1 amide bonds. The van der Waals surface area contributed by atoms with Crippen molar-refractivity contribution >= 4 is 17.1 Å². The average molecular weight is 430 g/mol. The summed E-state index contributed by atoms with van der Waals surface area (Å²) in [6, 6.07) is 4.33. The van der Waals surface area contributed by atoms with E-state index in [0.717, 1.165) is 18.2 Å². The first-order chi connectivity index (χ1) is 14.9. The summed E-state index contributed by atoms with van der Waals surface area (Å²) in [6.07, 6.45) is 4.03. The lowest BCUT2D eigenvalue weighted by molar-refractivity contribution is 0.0766. The second-order valence-electron chi connectivity index (χ2n) is 8.08. The maximum absolute atomic E-state index is 15.7. The molecular formula is C22H21F3N4O2. The molecule has 0 spiro atoms. The number of aliphatic hydroxyl groups is 1. The number of aromatic nitrogens is 2. The van der Waals surface area contributed by atoms with Crippen LogP contribution in [0.1, 0.15) is 41.2 Å². The van der Waals surface area contributed by atoms with Crippen molar-refractivity contribution < 1.29 is 23.1 Å². The van der Waals surface area contributed by atoms with Crippen molar-refractivity contribution in [2.75, 3.05) is 24.5 Å². The van der Waals surface area contributed by atoms with Gasteiger partial charge in [-0.1, -0.05) is 0 Å². The number of aliphatic hydroxyl groups excluding tert-OH is 1. The Balaban J connectivity index is 1.55.